The second-order valence-electron chi connectivity index (χ2n) is 10.6. The smallest absolute Gasteiger partial charge is 0.179 e. The Morgan fingerprint density at radius 1 is 0.585 bits per heavy atom. The summed E-state index contributed by atoms with van der Waals surface area (Å²) in [6, 6.07) is 31.0. The molecule has 0 unspecified atom stereocenters. The molecule has 1 aliphatic heterocycles. The van der Waals surface area contributed by atoms with E-state index >= 15 is 0 Å². The van der Waals surface area contributed by atoms with Crippen LogP contribution >= 0.6 is 22.7 Å². The number of benzene rings is 3. The predicted octanol–water partition coefficient (Wildman–Crippen LogP) is 8.53. The number of hydrogen-bond acceptors (Lipinski definition) is 6. The summed E-state index contributed by atoms with van der Waals surface area (Å²) in [5.41, 5.74) is 9.66. The van der Waals surface area contributed by atoms with Crippen LogP contribution < -0.4 is 5.01 Å². The van der Waals surface area contributed by atoms with Gasteiger partial charge in [0.1, 0.15) is 11.8 Å². The van der Waals surface area contributed by atoms with E-state index in [9.17, 15) is 0 Å². The second-order valence-corrected chi connectivity index (χ2v) is 12.4. The molecular formula is C34H19N5S2. The molecule has 7 heteroatoms. The Kier molecular flexibility index (Phi) is 4.09. The van der Waals surface area contributed by atoms with E-state index in [-0.39, 0.29) is 0 Å². The number of thiophene rings is 2. The molecule has 1 spiro atoms. The molecule has 0 atom stereocenters. The molecule has 0 amide bonds. The average molecular weight is 562 g/mol. The predicted molar refractivity (Wildman–Crippen MR) is 167 cm³/mol. The minimum atomic E-state index is -0.450. The van der Waals surface area contributed by atoms with Crippen LogP contribution in [0.15, 0.2) is 114 Å². The Bertz CT molecular complexity index is 2230. The molecule has 0 N–H and O–H groups in total. The van der Waals surface area contributed by atoms with Gasteiger partial charge in [-0.3, -0.25) is 4.98 Å². The molecule has 0 bridgehead atoms. The first-order chi connectivity index (χ1) is 20.3. The fourth-order valence-electron chi connectivity index (χ4n) is 7.08. The number of rotatable bonds is 1. The van der Waals surface area contributed by atoms with E-state index in [0.29, 0.717) is 0 Å². The van der Waals surface area contributed by atoms with Crippen molar-refractivity contribution in [2.45, 2.75) is 5.41 Å². The van der Waals surface area contributed by atoms with Crippen LogP contribution in [0.1, 0.15) is 22.3 Å². The van der Waals surface area contributed by atoms with Gasteiger partial charge in [0, 0.05) is 27.5 Å². The van der Waals surface area contributed by atoms with Crippen LogP contribution in [-0.4, -0.2) is 19.6 Å². The molecule has 0 saturated carbocycles. The first-order valence-electron chi connectivity index (χ1n) is 13.5. The van der Waals surface area contributed by atoms with Gasteiger partial charge < -0.3 is 0 Å². The lowest BCUT2D eigenvalue weighted by molar-refractivity contribution is 0.715. The lowest BCUT2D eigenvalue weighted by Gasteiger charge is -2.44. The van der Waals surface area contributed by atoms with Gasteiger partial charge in [0.2, 0.25) is 0 Å². The van der Waals surface area contributed by atoms with Crippen molar-refractivity contribution in [3.05, 3.63) is 137 Å². The normalized spacial score (nSPS) is 14.5. The summed E-state index contributed by atoms with van der Waals surface area (Å²) in [5, 5.41) is 10.4. The quantitative estimate of drug-likeness (QED) is 0.202. The minimum absolute atomic E-state index is 0.450. The molecule has 0 saturated heterocycles. The minimum Gasteiger partial charge on any atom is -0.256 e. The standard InChI is InChI=1S/C34H19N5S2/c1-2-6-21-17-29-25(15-20(21)5-1)34(23-9-13-40-31(23)32-24(34)10-14-41-32)26-16-22-7-3-11-35-27(22)18-30(26)39(29)38-19-37-33-28(38)8-4-12-36-33/h1-19H. The number of anilines is 2. The number of hydrogen-bond donors (Lipinski definition) is 0. The van der Waals surface area contributed by atoms with E-state index < -0.39 is 5.41 Å². The van der Waals surface area contributed by atoms with Crippen LogP contribution in [0.4, 0.5) is 11.4 Å². The van der Waals surface area contributed by atoms with Crippen LogP contribution in [-0.2, 0) is 5.41 Å². The summed E-state index contributed by atoms with van der Waals surface area (Å²) < 4.78 is 2.15. The highest BCUT2D eigenvalue weighted by Crippen LogP contribution is 2.65. The van der Waals surface area contributed by atoms with Crippen LogP contribution in [0.3, 0.4) is 0 Å². The highest BCUT2D eigenvalue weighted by Gasteiger charge is 2.53. The van der Waals surface area contributed by atoms with Crippen LogP contribution in [0.25, 0.3) is 42.6 Å². The second kappa shape index (κ2) is 7.66. The number of pyridine rings is 2. The van der Waals surface area contributed by atoms with E-state index in [2.05, 4.69) is 98.2 Å². The molecule has 10 rings (SSSR count). The first kappa shape index (κ1) is 21.9. The van der Waals surface area contributed by atoms with E-state index in [0.717, 1.165) is 33.4 Å². The van der Waals surface area contributed by atoms with Crippen molar-refractivity contribution in [3.63, 3.8) is 0 Å². The van der Waals surface area contributed by atoms with Crippen molar-refractivity contribution in [1.82, 2.24) is 19.6 Å². The summed E-state index contributed by atoms with van der Waals surface area (Å²) >= 11 is 3.69. The largest absolute Gasteiger partial charge is 0.256 e. The highest BCUT2D eigenvalue weighted by atomic mass is 32.1. The lowest BCUT2D eigenvalue weighted by atomic mass is 9.65. The van der Waals surface area contributed by atoms with Crippen molar-refractivity contribution in [2.75, 3.05) is 5.01 Å². The fraction of sp³-hybridized carbons (Fsp3) is 0.0294. The van der Waals surface area contributed by atoms with E-state index in [4.69, 9.17) is 9.97 Å². The maximum absolute atomic E-state index is 4.80. The molecule has 3 aromatic carbocycles. The summed E-state index contributed by atoms with van der Waals surface area (Å²) in [5.74, 6) is 0. The number of fused-ring (bicyclic) bond motifs is 12. The number of imidazole rings is 1. The molecule has 6 heterocycles. The molecule has 1 aliphatic carbocycles. The van der Waals surface area contributed by atoms with Crippen molar-refractivity contribution < 1.29 is 0 Å². The SMILES string of the molecule is c1ccc2cc3c(cc2c1)N(n1cnc2ncccc21)c1cc2ncccc2cc1C31c2ccsc2-c2sccc21. The summed E-state index contributed by atoms with van der Waals surface area (Å²) in [6.45, 7) is 0. The Morgan fingerprint density at radius 3 is 2.05 bits per heavy atom. The number of aromatic nitrogens is 4. The van der Waals surface area contributed by atoms with Crippen molar-refractivity contribution in [1.29, 1.82) is 0 Å². The van der Waals surface area contributed by atoms with Gasteiger partial charge in [-0.2, -0.15) is 0 Å². The first-order valence-corrected chi connectivity index (χ1v) is 15.3. The fourth-order valence-corrected chi connectivity index (χ4v) is 9.18. The maximum atomic E-state index is 4.80. The summed E-state index contributed by atoms with van der Waals surface area (Å²) in [4.78, 5) is 16.8. The van der Waals surface area contributed by atoms with Crippen molar-refractivity contribution in [2.24, 2.45) is 0 Å². The topological polar surface area (TPSA) is 46.8 Å². The van der Waals surface area contributed by atoms with Gasteiger partial charge in [-0.05, 0) is 98.4 Å². The zero-order valence-electron chi connectivity index (χ0n) is 21.5. The maximum Gasteiger partial charge on any atom is 0.179 e. The number of nitrogens with zero attached hydrogens (tertiary/aromatic N) is 5. The Morgan fingerprint density at radius 2 is 1.24 bits per heavy atom. The highest BCUT2D eigenvalue weighted by molar-refractivity contribution is 7.21. The molecular weight excluding hydrogens is 543 g/mol. The van der Waals surface area contributed by atoms with Crippen molar-refractivity contribution >= 4 is 66.9 Å². The van der Waals surface area contributed by atoms with Crippen LogP contribution in [0, 0.1) is 0 Å². The summed E-state index contributed by atoms with van der Waals surface area (Å²) in [6.07, 6.45) is 5.56. The van der Waals surface area contributed by atoms with E-state index in [1.54, 1.807) is 6.20 Å². The third kappa shape index (κ3) is 2.63. The van der Waals surface area contributed by atoms with Crippen LogP contribution in [0.2, 0.25) is 0 Å². The van der Waals surface area contributed by atoms with Crippen LogP contribution in [0.5, 0.6) is 0 Å². The van der Waals surface area contributed by atoms with Gasteiger partial charge in [-0.15, -0.1) is 22.7 Å². The van der Waals surface area contributed by atoms with E-state index in [1.807, 2.05) is 47.3 Å². The zero-order valence-corrected chi connectivity index (χ0v) is 23.2. The third-order valence-electron chi connectivity index (χ3n) is 8.71. The molecule has 0 fully saturated rings. The van der Waals surface area contributed by atoms with Gasteiger partial charge in [-0.25, -0.2) is 19.7 Å². The average Bonchev–Trinajstić information content (AvgIpc) is 3.80. The molecule has 5 aromatic heterocycles. The monoisotopic (exact) mass is 561 g/mol. The van der Waals surface area contributed by atoms with E-state index in [1.165, 1.54) is 42.8 Å². The molecule has 8 aromatic rings. The van der Waals surface area contributed by atoms with Crippen molar-refractivity contribution in [3.8, 4) is 9.75 Å². The third-order valence-corrected chi connectivity index (χ3v) is 10.7. The molecule has 192 valence electrons. The Hall–Kier alpha value is -4.85. The Balaban J connectivity index is 1.44. The van der Waals surface area contributed by atoms with Gasteiger partial charge in [0.15, 0.2) is 5.65 Å². The van der Waals surface area contributed by atoms with Gasteiger partial charge in [-0.1, -0.05) is 30.3 Å². The van der Waals surface area contributed by atoms with Gasteiger partial charge >= 0.3 is 0 Å². The molecule has 0 radical (unpaired) electrons. The molecule has 41 heavy (non-hydrogen) atoms. The van der Waals surface area contributed by atoms with Gasteiger partial charge in [0.05, 0.1) is 22.3 Å². The summed E-state index contributed by atoms with van der Waals surface area (Å²) in [7, 11) is 0. The Labute approximate surface area is 242 Å². The molecule has 2 aliphatic rings. The van der Waals surface area contributed by atoms with Gasteiger partial charge in [0.25, 0.3) is 0 Å². The zero-order chi connectivity index (χ0) is 26.7. The lowest BCUT2D eigenvalue weighted by Crippen LogP contribution is -2.39. The molecule has 5 nitrogen and oxygen atoms in total.